The predicted octanol–water partition coefficient (Wildman–Crippen LogP) is 1.91. The van der Waals surface area contributed by atoms with Crippen molar-refractivity contribution in [2.45, 2.75) is 26.4 Å². The van der Waals surface area contributed by atoms with Crippen molar-refractivity contribution in [1.82, 2.24) is 5.32 Å². The fourth-order valence-corrected chi connectivity index (χ4v) is 1.68. The van der Waals surface area contributed by atoms with Crippen LogP contribution in [0.5, 0.6) is 5.75 Å². The van der Waals surface area contributed by atoms with Gasteiger partial charge in [0.05, 0.1) is 19.6 Å². The smallest absolute Gasteiger partial charge is 0.308 e. The Kier molecular flexibility index (Phi) is 6.65. The molecule has 0 aromatic heterocycles. The Morgan fingerprint density at radius 1 is 1.24 bits per heavy atom. The maximum atomic E-state index is 12.7. The van der Waals surface area contributed by atoms with Gasteiger partial charge in [-0.05, 0) is 31.2 Å². The highest BCUT2D eigenvalue weighted by atomic mass is 19.1. The molecule has 116 valence electrons. The quantitative estimate of drug-likeness (QED) is 0.781. The van der Waals surface area contributed by atoms with Gasteiger partial charge in [-0.25, -0.2) is 4.39 Å². The Morgan fingerprint density at radius 3 is 2.43 bits per heavy atom. The van der Waals surface area contributed by atoms with E-state index in [9.17, 15) is 14.0 Å². The largest absolute Gasteiger partial charge is 0.489 e. The van der Waals surface area contributed by atoms with Gasteiger partial charge in [0.15, 0.2) is 0 Å². The molecule has 0 bridgehead atoms. The van der Waals surface area contributed by atoms with Gasteiger partial charge in [-0.2, -0.15) is 0 Å². The first kappa shape index (κ1) is 16.9. The van der Waals surface area contributed by atoms with Gasteiger partial charge < -0.3 is 14.8 Å². The number of methoxy groups -OCH3 is 1. The molecule has 2 unspecified atom stereocenters. The van der Waals surface area contributed by atoms with E-state index in [0.717, 1.165) is 0 Å². The molecule has 1 aromatic carbocycles. The van der Waals surface area contributed by atoms with Crippen LogP contribution < -0.4 is 10.1 Å². The number of hydrogen-bond donors (Lipinski definition) is 1. The summed E-state index contributed by atoms with van der Waals surface area (Å²) < 4.78 is 22.8. The molecule has 0 aliphatic rings. The van der Waals surface area contributed by atoms with Crippen molar-refractivity contribution in [3.8, 4) is 5.75 Å². The summed E-state index contributed by atoms with van der Waals surface area (Å²) in [5.41, 5.74) is 0. The summed E-state index contributed by atoms with van der Waals surface area (Å²) in [5, 5.41) is 2.68. The first-order valence-corrected chi connectivity index (χ1v) is 6.69. The predicted molar refractivity (Wildman–Crippen MR) is 75.3 cm³/mol. The molecule has 0 fully saturated rings. The molecule has 2 atom stereocenters. The fourth-order valence-electron chi connectivity index (χ4n) is 1.68. The van der Waals surface area contributed by atoms with Crippen molar-refractivity contribution < 1.29 is 23.5 Å². The van der Waals surface area contributed by atoms with Gasteiger partial charge in [-0.1, -0.05) is 6.92 Å². The van der Waals surface area contributed by atoms with Gasteiger partial charge in [0.25, 0.3) is 0 Å². The van der Waals surface area contributed by atoms with Crippen molar-refractivity contribution in [2.75, 3.05) is 13.7 Å². The van der Waals surface area contributed by atoms with Gasteiger partial charge in [-0.3, -0.25) is 9.59 Å². The van der Waals surface area contributed by atoms with Crippen molar-refractivity contribution in [3.05, 3.63) is 30.1 Å². The number of ether oxygens (including phenoxy) is 2. The number of hydrogen-bond acceptors (Lipinski definition) is 4. The summed E-state index contributed by atoms with van der Waals surface area (Å²) in [6, 6.07) is 5.65. The van der Waals surface area contributed by atoms with Gasteiger partial charge in [0.1, 0.15) is 17.7 Å². The van der Waals surface area contributed by atoms with Gasteiger partial charge in [-0.15, -0.1) is 0 Å². The number of carbonyl (C=O) groups is 2. The summed E-state index contributed by atoms with van der Waals surface area (Å²) in [5.74, 6) is -0.951. The molecule has 1 rings (SSSR count). The first-order valence-electron chi connectivity index (χ1n) is 6.69. The van der Waals surface area contributed by atoms with E-state index in [4.69, 9.17) is 4.74 Å². The minimum atomic E-state index is -0.483. The second kappa shape index (κ2) is 8.24. The number of nitrogens with one attached hydrogen (secondary N) is 1. The number of rotatable bonds is 7. The van der Waals surface area contributed by atoms with Crippen LogP contribution in [-0.2, 0) is 14.3 Å². The molecule has 0 heterocycles. The Morgan fingerprint density at radius 2 is 1.86 bits per heavy atom. The lowest BCUT2D eigenvalue weighted by Gasteiger charge is -2.16. The normalized spacial score (nSPS) is 13.1. The van der Waals surface area contributed by atoms with Crippen LogP contribution in [0.2, 0.25) is 0 Å². The standard InChI is InChI=1S/C15H20FNO4/c1-10(15(19)20-3)8-14(18)17-9-11(2)21-13-6-4-12(16)5-7-13/h4-7,10-11H,8-9H2,1-3H3,(H,17,18). The maximum absolute atomic E-state index is 12.7. The van der Waals surface area contributed by atoms with E-state index < -0.39 is 11.9 Å². The molecule has 0 saturated heterocycles. The molecule has 1 aromatic rings. The summed E-state index contributed by atoms with van der Waals surface area (Å²) >= 11 is 0. The third-order valence-corrected chi connectivity index (χ3v) is 2.83. The number of amides is 1. The summed E-state index contributed by atoms with van der Waals surface area (Å²) in [4.78, 5) is 22.8. The maximum Gasteiger partial charge on any atom is 0.308 e. The molecule has 1 N–H and O–H groups in total. The zero-order chi connectivity index (χ0) is 15.8. The average Bonchev–Trinajstić information content (AvgIpc) is 2.46. The van der Waals surface area contributed by atoms with Gasteiger partial charge >= 0.3 is 5.97 Å². The van der Waals surface area contributed by atoms with E-state index in [1.165, 1.54) is 31.4 Å². The van der Waals surface area contributed by atoms with Crippen LogP contribution in [0.3, 0.4) is 0 Å². The Labute approximate surface area is 123 Å². The number of esters is 1. The number of carbonyl (C=O) groups excluding carboxylic acids is 2. The van der Waals surface area contributed by atoms with Crippen LogP contribution in [0.1, 0.15) is 20.3 Å². The van der Waals surface area contributed by atoms with E-state index in [-0.39, 0.29) is 24.2 Å². The van der Waals surface area contributed by atoms with Crippen LogP contribution in [0, 0.1) is 11.7 Å². The molecule has 0 radical (unpaired) electrons. The van der Waals surface area contributed by atoms with E-state index in [2.05, 4.69) is 10.1 Å². The van der Waals surface area contributed by atoms with Gasteiger partial charge in [0.2, 0.25) is 5.91 Å². The minimum absolute atomic E-state index is 0.0654. The van der Waals surface area contributed by atoms with E-state index in [1.807, 2.05) is 0 Å². The number of halogens is 1. The van der Waals surface area contributed by atoms with Gasteiger partial charge in [0, 0.05) is 6.42 Å². The summed E-state index contributed by atoms with van der Waals surface area (Å²) in [6.07, 6.45) is -0.205. The number of benzene rings is 1. The lowest BCUT2D eigenvalue weighted by molar-refractivity contribution is -0.146. The van der Waals surface area contributed by atoms with E-state index >= 15 is 0 Å². The van der Waals surface area contributed by atoms with Crippen molar-refractivity contribution in [2.24, 2.45) is 5.92 Å². The van der Waals surface area contributed by atoms with Crippen LogP contribution >= 0.6 is 0 Å². The summed E-state index contributed by atoms with van der Waals surface area (Å²) in [6.45, 7) is 3.71. The highest BCUT2D eigenvalue weighted by molar-refractivity contribution is 5.82. The summed E-state index contributed by atoms with van der Waals surface area (Å²) in [7, 11) is 1.29. The monoisotopic (exact) mass is 297 g/mol. The van der Waals surface area contributed by atoms with Crippen LogP contribution in [-0.4, -0.2) is 31.6 Å². The highest BCUT2D eigenvalue weighted by Gasteiger charge is 2.17. The van der Waals surface area contributed by atoms with Crippen LogP contribution in [0.15, 0.2) is 24.3 Å². The molecule has 21 heavy (non-hydrogen) atoms. The minimum Gasteiger partial charge on any atom is -0.489 e. The molecule has 0 aliphatic carbocycles. The van der Waals surface area contributed by atoms with Crippen molar-refractivity contribution in [3.63, 3.8) is 0 Å². The zero-order valence-electron chi connectivity index (χ0n) is 12.4. The fraction of sp³-hybridized carbons (Fsp3) is 0.467. The molecule has 1 amide bonds. The Balaban J connectivity index is 2.32. The molecule has 0 saturated carbocycles. The van der Waals surface area contributed by atoms with Crippen molar-refractivity contribution >= 4 is 11.9 Å². The lowest BCUT2D eigenvalue weighted by Crippen LogP contribution is -2.35. The topological polar surface area (TPSA) is 64.6 Å². The SMILES string of the molecule is COC(=O)C(C)CC(=O)NCC(C)Oc1ccc(F)cc1. The van der Waals surface area contributed by atoms with E-state index in [0.29, 0.717) is 12.3 Å². The lowest BCUT2D eigenvalue weighted by atomic mass is 10.1. The third kappa shape index (κ3) is 6.25. The van der Waals surface area contributed by atoms with Crippen molar-refractivity contribution in [1.29, 1.82) is 0 Å². The second-order valence-electron chi connectivity index (χ2n) is 4.81. The first-order chi connectivity index (χ1) is 9.92. The van der Waals surface area contributed by atoms with E-state index in [1.54, 1.807) is 13.8 Å². The Bertz CT molecular complexity index is 475. The Hall–Kier alpha value is -2.11. The molecule has 0 spiro atoms. The molecule has 5 nitrogen and oxygen atoms in total. The molecular weight excluding hydrogens is 277 g/mol. The average molecular weight is 297 g/mol. The molecule has 6 heteroatoms. The molecule has 0 aliphatic heterocycles. The molecular formula is C15H20FNO4. The van der Waals surface area contributed by atoms with Crippen LogP contribution in [0.25, 0.3) is 0 Å². The van der Waals surface area contributed by atoms with Crippen LogP contribution in [0.4, 0.5) is 4.39 Å². The second-order valence-corrected chi connectivity index (χ2v) is 4.81. The highest BCUT2D eigenvalue weighted by Crippen LogP contribution is 2.12. The third-order valence-electron chi connectivity index (χ3n) is 2.83. The zero-order valence-corrected chi connectivity index (χ0v) is 12.4.